The summed E-state index contributed by atoms with van der Waals surface area (Å²) >= 11 is 3.52. The summed E-state index contributed by atoms with van der Waals surface area (Å²) in [5, 5.41) is 8.85. The van der Waals surface area contributed by atoms with Gasteiger partial charge in [0.15, 0.2) is 0 Å². The van der Waals surface area contributed by atoms with Gasteiger partial charge in [0.2, 0.25) is 0 Å². The van der Waals surface area contributed by atoms with Crippen LogP contribution >= 0.6 is 15.9 Å². The molecule has 0 unspecified atom stereocenters. The number of rotatable bonds is 5. The zero-order valence-electron chi connectivity index (χ0n) is 12.0. The minimum absolute atomic E-state index is 0.279. The number of benzene rings is 2. The van der Waals surface area contributed by atoms with Gasteiger partial charge in [-0.15, -0.1) is 0 Å². The predicted molar refractivity (Wildman–Crippen MR) is 86.0 cm³/mol. The minimum Gasteiger partial charge on any atom is -0.488 e. The lowest BCUT2D eigenvalue weighted by molar-refractivity contribution is 0.0697. The Morgan fingerprint density at radius 2 is 1.86 bits per heavy atom. The predicted octanol–water partition coefficient (Wildman–Crippen LogP) is 4.85. The third-order valence-electron chi connectivity index (χ3n) is 3.22. The average Bonchev–Trinajstić information content (AvgIpc) is 2.46. The molecule has 0 atom stereocenters. The molecule has 1 N–H and O–H groups in total. The first-order chi connectivity index (χ1) is 9.97. The Kier molecular flexibility index (Phi) is 5.02. The third kappa shape index (κ3) is 4.08. The minimum atomic E-state index is -0.922. The van der Waals surface area contributed by atoms with Gasteiger partial charge in [-0.1, -0.05) is 32.0 Å². The number of carboxylic acid groups (broad SMARTS) is 1. The molecule has 2 rings (SSSR count). The van der Waals surface area contributed by atoms with Crippen LogP contribution in [0.15, 0.2) is 46.9 Å². The molecule has 0 aromatic heterocycles. The highest BCUT2D eigenvalue weighted by molar-refractivity contribution is 9.10. The van der Waals surface area contributed by atoms with E-state index in [1.54, 1.807) is 24.3 Å². The smallest absolute Gasteiger partial charge is 0.335 e. The summed E-state index contributed by atoms with van der Waals surface area (Å²) in [6, 6.07) is 12.8. The van der Waals surface area contributed by atoms with Crippen LogP contribution in [0.3, 0.4) is 0 Å². The number of hydrogen-bond acceptors (Lipinski definition) is 2. The van der Waals surface area contributed by atoms with Crippen molar-refractivity contribution in [2.45, 2.75) is 26.4 Å². The fraction of sp³-hybridized carbons (Fsp3) is 0.235. The standard InChI is InChI=1S/C17H17BrO3/c1-11(2)14-7-8-16(15(18)9-14)21-10-12-3-5-13(6-4-12)17(19)20/h3-9,11H,10H2,1-2H3,(H,19,20). The molecule has 0 bridgehead atoms. The van der Waals surface area contributed by atoms with Crippen LogP contribution in [0.25, 0.3) is 0 Å². The van der Waals surface area contributed by atoms with E-state index in [0.29, 0.717) is 12.5 Å². The fourth-order valence-corrected chi connectivity index (χ4v) is 2.41. The summed E-state index contributed by atoms with van der Waals surface area (Å²) in [6.07, 6.45) is 0. The largest absolute Gasteiger partial charge is 0.488 e. The molecule has 0 aliphatic heterocycles. The van der Waals surface area contributed by atoms with Crippen molar-refractivity contribution in [2.24, 2.45) is 0 Å². The summed E-state index contributed by atoms with van der Waals surface area (Å²) in [4.78, 5) is 10.8. The number of aromatic carboxylic acids is 1. The normalized spacial score (nSPS) is 10.7. The lowest BCUT2D eigenvalue weighted by Crippen LogP contribution is -1.99. The van der Waals surface area contributed by atoms with E-state index < -0.39 is 5.97 Å². The van der Waals surface area contributed by atoms with E-state index in [4.69, 9.17) is 9.84 Å². The van der Waals surface area contributed by atoms with Crippen LogP contribution in [0.2, 0.25) is 0 Å². The Hall–Kier alpha value is -1.81. The van der Waals surface area contributed by atoms with E-state index >= 15 is 0 Å². The highest BCUT2D eigenvalue weighted by Gasteiger charge is 2.06. The van der Waals surface area contributed by atoms with Crippen molar-refractivity contribution in [3.05, 3.63) is 63.6 Å². The quantitative estimate of drug-likeness (QED) is 0.839. The number of hydrogen-bond donors (Lipinski definition) is 1. The van der Waals surface area contributed by atoms with Crippen molar-refractivity contribution in [1.29, 1.82) is 0 Å². The molecule has 0 radical (unpaired) electrons. The molecular formula is C17H17BrO3. The lowest BCUT2D eigenvalue weighted by Gasteiger charge is -2.11. The van der Waals surface area contributed by atoms with Gasteiger partial charge in [-0.05, 0) is 57.2 Å². The van der Waals surface area contributed by atoms with Gasteiger partial charge < -0.3 is 9.84 Å². The van der Waals surface area contributed by atoms with Crippen molar-refractivity contribution in [3.8, 4) is 5.75 Å². The molecule has 0 fully saturated rings. The molecule has 0 aliphatic rings. The summed E-state index contributed by atoms with van der Waals surface area (Å²) in [6.45, 7) is 4.69. The first kappa shape index (κ1) is 15.6. The molecule has 2 aromatic carbocycles. The second kappa shape index (κ2) is 6.76. The average molecular weight is 349 g/mol. The van der Waals surface area contributed by atoms with Gasteiger partial charge in [0.1, 0.15) is 12.4 Å². The van der Waals surface area contributed by atoms with E-state index in [1.165, 1.54) is 5.56 Å². The molecule has 21 heavy (non-hydrogen) atoms. The van der Waals surface area contributed by atoms with E-state index in [0.717, 1.165) is 15.8 Å². The van der Waals surface area contributed by atoms with Gasteiger partial charge in [0, 0.05) is 0 Å². The van der Waals surface area contributed by atoms with Crippen LogP contribution in [-0.4, -0.2) is 11.1 Å². The molecule has 0 spiro atoms. The summed E-state index contributed by atoms with van der Waals surface area (Å²) in [5.41, 5.74) is 2.46. The van der Waals surface area contributed by atoms with Crippen LogP contribution in [0.1, 0.15) is 41.3 Å². The van der Waals surface area contributed by atoms with Gasteiger partial charge in [-0.3, -0.25) is 0 Å². The van der Waals surface area contributed by atoms with Crippen molar-refractivity contribution in [2.75, 3.05) is 0 Å². The molecule has 4 heteroatoms. The maximum absolute atomic E-state index is 10.8. The van der Waals surface area contributed by atoms with Crippen LogP contribution in [0.4, 0.5) is 0 Å². The molecule has 110 valence electrons. The number of carbonyl (C=O) groups is 1. The SMILES string of the molecule is CC(C)c1ccc(OCc2ccc(C(=O)O)cc2)c(Br)c1. The molecular weight excluding hydrogens is 332 g/mol. The second-order valence-corrected chi connectivity index (χ2v) is 5.99. The van der Waals surface area contributed by atoms with Crippen LogP contribution in [-0.2, 0) is 6.61 Å². The van der Waals surface area contributed by atoms with Gasteiger partial charge in [-0.25, -0.2) is 4.79 Å². The maximum atomic E-state index is 10.8. The topological polar surface area (TPSA) is 46.5 Å². The first-order valence-electron chi connectivity index (χ1n) is 6.72. The van der Waals surface area contributed by atoms with Crippen LogP contribution < -0.4 is 4.74 Å². The van der Waals surface area contributed by atoms with Crippen molar-refractivity contribution < 1.29 is 14.6 Å². The molecule has 0 saturated carbocycles. The summed E-state index contributed by atoms with van der Waals surface area (Å²) in [7, 11) is 0. The van der Waals surface area contributed by atoms with Gasteiger partial charge in [-0.2, -0.15) is 0 Å². The zero-order valence-corrected chi connectivity index (χ0v) is 13.6. The van der Waals surface area contributed by atoms with E-state index in [-0.39, 0.29) is 5.56 Å². The van der Waals surface area contributed by atoms with E-state index in [1.807, 2.05) is 6.07 Å². The molecule has 0 heterocycles. The van der Waals surface area contributed by atoms with E-state index in [9.17, 15) is 4.79 Å². The molecule has 2 aromatic rings. The Labute approximate surface area is 132 Å². The van der Waals surface area contributed by atoms with Gasteiger partial charge in [0.25, 0.3) is 0 Å². The molecule has 0 saturated heterocycles. The number of ether oxygens (including phenoxy) is 1. The Bertz CT molecular complexity index is 633. The monoisotopic (exact) mass is 348 g/mol. The first-order valence-corrected chi connectivity index (χ1v) is 7.51. The van der Waals surface area contributed by atoms with Gasteiger partial charge >= 0.3 is 5.97 Å². The zero-order chi connectivity index (χ0) is 15.4. The fourth-order valence-electron chi connectivity index (χ4n) is 1.90. The van der Waals surface area contributed by atoms with Crippen LogP contribution in [0, 0.1) is 0 Å². The highest BCUT2D eigenvalue weighted by Crippen LogP contribution is 2.29. The molecule has 0 amide bonds. The van der Waals surface area contributed by atoms with Crippen molar-refractivity contribution in [1.82, 2.24) is 0 Å². The Balaban J connectivity index is 2.04. The molecule has 0 aliphatic carbocycles. The number of halogens is 1. The van der Waals surface area contributed by atoms with Gasteiger partial charge in [0.05, 0.1) is 10.0 Å². The Morgan fingerprint density at radius 1 is 1.19 bits per heavy atom. The molecule has 3 nitrogen and oxygen atoms in total. The van der Waals surface area contributed by atoms with Crippen molar-refractivity contribution in [3.63, 3.8) is 0 Å². The lowest BCUT2D eigenvalue weighted by atomic mass is 10.0. The third-order valence-corrected chi connectivity index (χ3v) is 3.84. The highest BCUT2D eigenvalue weighted by atomic mass is 79.9. The Morgan fingerprint density at radius 3 is 2.38 bits per heavy atom. The summed E-state index contributed by atoms with van der Waals surface area (Å²) in [5.74, 6) is 0.329. The maximum Gasteiger partial charge on any atom is 0.335 e. The number of carboxylic acids is 1. The second-order valence-electron chi connectivity index (χ2n) is 5.14. The van der Waals surface area contributed by atoms with Crippen LogP contribution in [0.5, 0.6) is 5.75 Å². The summed E-state index contributed by atoms with van der Waals surface area (Å²) < 4.78 is 6.69. The van der Waals surface area contributed by atoms with Crippen molar-refractivity contribution >= 4 is 21.9 Å². The van der Waals surface area contributed by atoms with E-state index in [2.05, 4.69) is 41.9 Å².